The molecule has 166 valence electrons. The van der Waals surface area contributed by atoms with Gasteiger partial charge in [0.1, 0.15) is 5.75 Å². The van der Waals surface area contributed by atoms with Crippen LogP contribution in [0.4, 0.5) is 11.4 Å². The first-order chi connectivity index (χ1) is 14.8. The third kappa shape index (κ3) is 5.75. The number of rotatable bonds is 10. The van der Waals surface area contributed by atoms with Gasteiger partial charge in [-0.1, -0.05) is 0 Å². The van der Waals surface area contributed by atoms with Crippen molar-refractivity contribution in [2.45, 2.75) is 6.54 Å². The molecule has 0 atom stereocenters. The number of nitro groups is 1. The maximum absolute atomic E-state index is 12.3. The van der Waals surface area contributed by atoms with Crippen LogP contribution in [-0.2, 0) is 16.1 Å². The molecule has 0 heterocycles. The Morgan fingerprint density at radius 3 is 2.23 bits per heavy atom. The zero-order valence-corrected chi connectivity index (χ0v) is 17.5. The average molecular weight is 433 g/mol. The summed E-state index contributed by atoms with van der Waals surface area (Å²) < 4.78 is 20.8. The number of amides is 1. The van der Waals surface area contributed by atoms with Gasteiger partial charge in [0.25, 0.3) is 11.6 Å². The lowest BCUT2D eigenvalue weighted by Crippen LogP contribution is -2.28. The molecule has 11 nitrogen and oxygen atoms in total. The SMILES string of the molecule is CNc1ccc([N+](=O)[O-])cc1C(=O)OCC(=O)NCc1cc(OC)c(OC)cc1OC. The number of anilines is 1. The second-order valence-corrected chi connectivity index (χ2v) is 6.11. The van der Waals surface area contributed by atoms with Crippen LogP contribution in [0.15, 0.2) is 30.3 Å². The monoisotopic (exact) mass is 433 g/mol. The van der Waals surface area contributed by atoms with Crippen LogP contribution < -0.4 is 24.8 Å². The maximum Gasteiger partial charge on any atom is 0.341 e. The van der Waals surface area contributed by atoms with Gasteiger partial charge in [-0.25, -0.2) is 4.79 Å². The van der Waals surface area contributed by atoms with Crippen LogP contribution in [0, 0.1) is 10.1 Å². The van der Waals surface area contributed by atoms with Crippen molar-refractivity contribution in [3.05, 3.63) is 51.6 Å². The van der Waals surface area contributed by atoms with E-state index in [9.17, 15) is 19.7 Å². The van der Waals surface area contributed by atoms with Crippen LogP contribution in [0.25, 0.3) is 0 Å². The van der Waals surface area contributed by atoms with E-state index in [1.807, 2.05) is 0 Å². The van der Waals surface area contributed by atoms with E-state index in [4.69, 9.17) is 18.9 Å². The standard InChI is InChI=1S/C20H23N3O8/c1-21-15-6-5-13(23(26)27)8-14(15)20(25)31-11-19(24)22-10-12-7-17(29-3)18(30-4)9-16(12)28-2/h5-9,21H,10-11H2,1-4H3,(H,22,24). The van der Waals surface area contributed by atoms with Crippen molar-refractivity contribution in [3.8, 4) is 17.2 Å². The zero-order chi connectivity index (χ0) is 23.0. The number of nitrogens with zero attached hydrogens (tertiary/aromatic N) is 1. The van der Waals surface area contributed by atoms with Gasteiger partial charge in [0, 0.05) is 43.0 Å². The number of carbonyl (C=O) groups is 2. The fourth-order valence-corrected chi connectivity index (χ4v) is 2.72. The summed E-state index contributed by atoms with van der Waals surface area (Å²) in [5.41, 5.74) is 0.643. The van der Waals surface area contributed by atoms with E-state index < -0.39 is 23.4 Å². The predicted molar refractivity (Wildman–Crippen MR) is 111 cm³/mol. The van der Waals surface area contributed by atoms with Gasteiger partial charge in [-0.3, -0.25) is 14.9 Å². The van der Waals surface area contributed by atoms with E-state index in [1.54, 1.807) is 19.2 Å². The second kappa shape index (κ2) is 10.7. The second-order valence-electron chi connectivity index (χ2n) is 6.11. The Hall–Kier alpha value is -4.02. The fraction of sp³-hybridized carbons (Fsp3) is 0.300. The highest BCUT2D eigenvalue weighted by molar-refractivity contribution is 5.97. The molecule has 0 fully saturated rings. The summed E-state index contributed by atoms with van der Waals surface area (Å²) in [4.78, 5) is 34.8. The number of carbonyl (C=O) groups excluding carboxylic acids is 2. The first-order valence-electron chi connectivity index (χ1n) is 9.03. The Bertz CT molecular complexity index is 977. The van der Waals surface area contributed by atoms with Crippen molar-refractivity contribution in [2.75, 3.05) is 40.3 Å². The Morgan fingerprint density at radius 1 is 1.00 bits per heavy atom. The number of hydrogen-bond donors (Lipinski definition) is 2. The molecule has 2 aromatic carbocycles. The van der Waals surface area contributed by atoms with Gasteiger partial charge in [-0.05, 0) is 12.1 Å². The van der Waals surface area contributed by atoms with Crippen LogP contribution in [0.2, 0.25) is 0 Å². The lowest BCUT2D eigenvalue weighted by Gasteiger charge is -2.14. The summed E-state index contributed by atoms with van der Waals surface area (Å²) in [5.74, 6) is -0.0244. The number of esters is 1. The van der Waals surface area contributed by atoms with E-state index in [1.165, 1.54) is 33.5 Å². The molecular formula is C20H23N3O8. The first kappa shape index (κ1) is 23.3. The zero-order valence-electron chi connectivity index (χ0n) is 17.5. The number of hydrogen-bond acceptors (Lipinski definition) is 9. The fourth-order valence-electron chi connectivity index (χ4n) is 2.72. The summed E-state index contributed by atoms with van der Waals surface area (Å²) in [7, 11) is 6.02. The molecule has 0 aliphatic heterocycles. The molecule has 2 rings (SSSR count). The van der Waals surface area contributed by atoms with Crippen molar-refractivity contribution in [1.82, 2.24) is 5.32 Å². The van der Waals surface area contributed by atoms with Crippen LogP contribution >= 0.6 is 0 Å². The van der Waals surface area contributed by atoms with Crippen LogP contribution in [0.5, 0.6) is 17.2 Å². The molecule has 0 bridgehead atoms. The highest BCUT2D eigenvalue weighted by Gasteiger charge is 2.19. The highest BCUT2D eigenvalue weighted by Crippen LogP contribution is 2.34. The molecular weight excluding hydrogens is 410 g/mol. The quantitative estimate of drug-likeness (QED) is 0.328. The number of ether oxygens (including phenoxy) is 4. The number of benzene rings is 2. The number of methoxy groups -OCH3 is 3. The first-order valence-corrected chi connectivity index (χ1v) is 9.03. The number of nitrogens with one attached hydrogen (secondary N) is 2. The average Bonchev–Trinajstić information content (AvgIpc) is 2.79. The molecule has 1 amide bonds. The van der Waals surface area contributed by atoms with Crippen molar-refractivity contribution >= 4 is 23.3 Å². The minimum atomic E-state index is -0.869. The molecule has 0 aliphatic rings. The van der Waals surface area contributed by atoms with Gasteiger partial charge in [0.05, 0.1) is 31.8 Å². The third-order valence-electron chi connectivity index (χ3n) is 4.30. The third-order valence-corrected chi connectivity index (χ3v) is 4.30. The van der Waals surface area contributed by atoms with Crippen molar-refractivity contribution < 1.29 is 33.5 Å². The van der Waals surface area contributed by atoms with Gasteiger partial charge in [-0.2, -0.15) is 0 Å². The van der Waals surface area contributed by atoms with Crippen LogP contribution in [-0.4, -0.2) is 51.8 Å². The normalized spacial score (nSPS) is 10.1. The molecule has 0 saturated heterocycles. The molecule has 0 spiro atoms. The Morgan fingerprint density at radius 2 is 1.65 bits per heavy atom. The minimum Gasteiger partial charge on any atom is -0.496 e. The van der Waals surface area contributed by atoms with E-state index >= 15 is 0 Å². The van der Waals surface area contributed by atoms with Crippen LogP contribution in [0.3, 0.4) is 0 Å². The molecule has 0 saturated carbocycles. The van der Waals surface area contributed by atoms with E-state index in [-0.39, 0.29) is 17.8 Å². The van der Waals surface area contributed by atoms with Crippen molar-refractivity contribution in [2.24, 2.45) is 0 Å². The Kier molecular flexibility index (Phi) is 8.01. The molecule has 2 N–H and O–H groups in total. The van der Waals surface area contributed by atoms with Crippen LogP contribution in [0.1, 0.15) is 15.9 Å². The van der Waals surface area contributed by atoms with E-state index in [0.29, 0.717) is 28.5 Å². The largest absolute Gasteiger partial charge is 0.496 e. The summed E-state index contributed by atoms with van der Waals surface area (Å²) in [5, 5.41) is 16.3. The maximum atomic E-state index is 12.3. The summed E-state index contributed by atoms with van der Waals surface area (Å²) >= 11 is 0. The summed E-state index contributed by atoms with van der Waals surface area (Å²) in [6.45, 7) is -0.487. The smallest absolute Gasteiger partial charge is 0.341 e. The Labute approximate surface area is 178 Å². The van der Waals surface area contributed by atoms with Crippen molar-refractivity contribution in [3.63, 3.8) is 0 Å². The lowest BCUT2D eigenvalue weighted by atomic mass is 10.1. The van der Waals surface area contributed by atoms with Gasteiger partial charge in [0.2, 0.25) is 0 Å². The molecule has 31 heavy (non-hydrogen) atoms. The van der Waals surface area contributed by atoms with Gasteiger partial charge in [0.15, 0.2) is 18.1 Å². The topological polar surface area (TPSA) is 138 Å². The Balaban J connectivity index is 2.02. The molecule has 11 heteroatoms. The minimum absolute atomic E-state index is 0.0499. The summed E-state index contributed by atoms with van der Waals surface area (Å²) in [6.07, 6.45) is 0. The van der Waals surface area contributed by atoms with Crippen molar-refractivity contribution in [1.29, 1.82) is 0 Å². The van der Waals surface area contributed by atoms with E-state index in [2.05, 4.69) is 10.6 Å². The van der Waals surface area contributed by atoms with E-state index in [0.717, 1.165) is 6.07 Å². The number of non-ortho nitro benzene ring substituents is 1. The molecule has 0 aromatic heterocycles. The lowest BCUT2D eigenvalue weighted by molar-refractivity contribution is -0.384. The van der Waals surface area contributed by atoms with Gasteiger partial charge < -0.3 is 29.6 Å². The molecule has 0 unspecified atom stereocenters. The molecule has 2 aromatic rings. The van der Waals surface area contributed by atoms with Gasteiger partial charge in [-0.15, -0.1) is 0 Å². The molecule has 0 radical (unpaired) electrons. The van der Waals surface area contributed by atoms with Gasteiger partial charge >= 0.3 is 5.97 Å². The summed E-state index contributed by atoms with van der Waals surface area (Å²) in [6, 6.07) is 7.01. The molecule has 0 aliphatic carbocycles. The highest BCUT2D eigenvalue weighted by atomic mass is 16.6. The number of nitro benzene ring substituents is 1. The predicted octanol–water partition coefficient (Wildman–Crippen LogP) is 2.14.